The highest BCUT2D eigenvalue weighted by Gasteiger charge is 2.64. The lowest BCUT2D eigenvalue weighted by molar-refractivity contribution is -0.153. The molecule has 2 saturated carbocycles. The number of amidine groups is 1. The van der Waals surface area contributed by atoms with Gasteiger partial charge < -0.3 is 42.1 Å². The van der Waals surface area contributed by atoms with Gasteiger partial charge in [0, 0.05) is 37.3 Å². The van der Waals surface area contributed by atoms with Gasteiger partial charge in [-0.1, -0.05) is 19.3 Å². The first kappa shape index (κ1) is 31.5. The van der Waals surface area contributed by atoms with Gasteiger partial charge in [0.15, 0.2) is 17.1 Å². The van der Waals surface area contributed by atoms with Gasteiger partial charge in [-0.25, -0.2) is 4.99 Å². The smallest absolute Gasteiger partial charge is 0.255 e. The SMILES string of the molecule is CN(C)c1cc(N=C(N)CNC2CCCCC2)c(O)c2c1CC1CC3[C@H](N(C)C)C(=O)C(C(N)=O)=C(O)[C@@]3(O)C(=O)C1=C2O. The van der Waals surface area contributed by atoms with Gasteiger partial charge in [0.05, 0.1) is 18.2 Å². The number of ketones is 2. The molecule has 2 unspecified atom stereocenters. The van der Waals surface area contributed by atoms with Crippen LogP contribution in [0.5, 0.6) is 5.75 Å². The molecule has 0 bridgehead atoms. The molecule has 2 fully saturated rings. The van der Waals surface area contributed by atoms with E-state index in [1.165, 1.54) is 11.3 Å². The van der Waals surface area contributed by atoms with Gasteiger partial charge >= 0.3 is 0 Å². The van der Waals surface area contributed by atoms with Crippen molar-refractivity contribution in [1.82, 2.24) is 10.2 Å². The van der Waals surface area contributed by atoms with Gasteiger partial charge in [0.1, 0.15) is 28.6 Å². The molecular formula is C31H42N6O7. The number of phenolic OH excluding ortho intramolecular Hbond substituents is 1. The number of nitrogens with two attached hydrogens (primary N) is 2. The largest absolute Gasteiger partial charge is 0.508 e. The van der Waals surface area contributed by atoms with Gasteiger partial charge in [-0.2, -0.15) is 0 Å². The summed E-state index contributed by atoms with van der Waals surface area (Å²) in [5, 5.41) is 49.4. The number of primary amides is 1. The minimum atomic E-state index is -2.70. The second-order valence-corrected chi connectivity index (χ2v) is 12.8. The molecule has 0 heterocycles. The van der Waals surface area contributed by atoms with E-state index < -0.39 is 58.0 Å². The van der Waals surface area contributed by atoms with Crippen LogP contribution in [0.2, 0.25) is 0 Å². The Bertz CT molecular complexity index is 1510. The normalized spacial score (nSPS) is 27.8. The standard InChI is InChI=1S/C31H42N6O7/c1-36(2)19-12-18(35-20(32)13-34-15-8-6-5-7-9-15)25(38)22-16(19)10-14-11-17-24(37(3)4)27(40)23(30(33)43)29(42)31(17,44)28(41)21(14)26(22)39/h12,14-15,17,24,34,38-39,42,44H,5-11,13H2,1-4H3,(H2,32,35)(H2,33,43)/t14?,17?,24-,31-/m0/s1. The van der Waals surface area contributed by atoms with E-state index in [4.69, 9.17) is 11.5 Å². The Morgan fingerprint density at radius 3 is 2.34 bits per heavy atom. The maximum absolute atomic E-state index is 14.1. The number of amides is 1. The number of hydrogen-bond donors (Lipinski definition) is 7. The number of rotatable bonds is 7. The lowest BCUT2D eigenvalue weighted by Gasteiger charge is -2.50. The molecular weight excluding hydrogens is 568 g/mol. The van der Waals surface area contributed by atoms with Crippen LogP contribution in [-0.4, -0.2) is 101 Å². The van der Waals surface area contributed by atoms with Crippen molar-refractivity contribution in [2.75, 3.05) is 39.6 Å². The third kappa shape index (κ3) is 4.92. The lowest BCUT2D eigenvalue weighted by atomic mass is 9.57. The molecule has 13 heteroatoms. The van der Waals surface area contributed by atoms with Crippen LogP contribution in [0.4, 0.5) is 11.4 Å². The number of phenols is 1. The maximum atomic E-state index is 14.1. The third-order valence-electron chi connectivity index (χ3n) is 9.60. The molecule has 0 spiro atoms. The van der Waals surface area contributed by atoms with Crippen LogP contribution in [0.25, 0.3) is 5.76 Å². The van der Waals surface area contributed by atoms with Gasteiger partial charge in [0.25, 0.3) is 5.91 Å². The summed E-state index contributed by atoms with van der Waals surface area (Å²) in [6.07, 6.45) is 5.83. The number of aromatic hydroxyl groups is 1. The van der Waals surface area contributed by atoms with Crippen LogP contribution < -0.4 is 21.7 Å². The average molecular weight is 611 g/mol. The first-order valence-corrected chi connectivity index (χ1v) is 15.0. The summed E-state index contributed by atoms with van der Waals surface area (Å²) in [7, 11) is 6.72. The summed E-state index contributed by atoms with van der Waals surface area (Å²) in [5.74, 6) is -6.79. The minimum absolute atomic E-state index is 0.0130. The molecule has 4 atom stereocenters. The number of nitrogens with zero attached hydrogens (tertiary/aromatic N) is 3. The Morgan fingerprint density at radius 2 is 1.75 bits per heavy atom. The van der Waals surface area contributed by atoms with Crippen LogP contribution in [0.15, 0.2) is 28.0 Å². The molecule has 1 aromatic rings. The van der Waals surface area contributed by atoms with Crippen molar-refractivity contribution in [3.63, 3.8) is 0 Å². The van der Waals surface area contributed by atoms with E-state index in [1.807, 2.05) is 0 Å². The molecule has 1 amide bonds. The second kappa shape index (κ2) is 11.5. The van der Waals surface area contributed by atoms with Crippen LogP contribution in [0, 0.1) is 11.8 Å². The molecule has 0 saturated heterocycles. The van der Waals surface area contributed by atoms with Crippen LogP contribution in [0.1, 0.15) is 49.7 Å². The summed E-state index contributed by atoms with van der Waals surface area (Å²) < 4.78 is 0. The average Bonchev–Trinajstić information content (AvgIpc) is 2.95. The molecule has 44 heavy (non-hydrogen) atoms. The molecule has 13 nitrogen and oxygen atoms in total. The number of benzene rings is 1. The zero-order chi connectivity index (χ0) is 32.2. The van der Waals surface area contributed by atoms with Crippen molar-refractivity contribution in [1.29, 1.82) is 0 Å². The number of aliphatic hydroxyl groups is 3. The summed E-state index contributed by atoms with van der Waals surface area (Å²) in [6, 6.07) is 0.866. The fourth-order valence-electron chi connectivity index (χ4n) is 7.51. The molecule has 4 aliphatic carbocycles. The van der Waals surface area contributed by atoms with Gasteiger partial charge in [0.2, 0.25) is 5.78 Å². The highest BCUT2D eigenvalue weighted by molar-refractivity contribution is 6.24. The quantitative estimate of drug-likeness (QED) is 0.131. The van der Waals surface area contributed by atoms with Crippen molar-refractivity contribution >= 4 is 40.4 Å². The highest BCUT2D eigenvalue weighted by Crippen LogP contribution is 2.54. The van der Waals surface area contributed by atoms with Crippen molar-refractivity contribution in [2.24, 2.45) is 28.3 Å². The van der Waals surface area contributed by atoms with E-state index in [0.717, 1.165) is 25.7 Å². The first-order valence-electron chi connectivity index (χ1n) is 15.0. The van der Waals surface area contributed by atoms with Crippen LogP contribution >= 0.6 is 0 Å². The summed E-state index contributed by atoms with van der Waals surface area (Å²) in [4.78, 5) is 47.3. The van der Waals surface area contributed by atoms with E-state index in [9.17, 15) is 34.8 Å². The van der Waals surface area contributed by atoms with Gasteiger partial charge in [-0.15, -0.1) is 0 Å². The monoisotopic (exact) mass is 610 g/mol. The van der Waals surface area contributed by atoms with E-state index >= 15 is 0 Å². The van der Waals surface area contributed by atoms with E-state index in [0.29, 0.717) is 23.8 Å². The Balaban J connectivity index is 1.62. The molecule has 4 aliphatic rings. The number of fused-ring (bicyclic) bond motifs is 3. The van der Waals surface area contributed by atoms with Crippen molar-refractivity contribution in [3.8, 4) is 5.75 Å². The number of carbonyl (C=O) groups is 3. The van der Waals surface area contributed by atoms with E-state index in [1.54, 1.807) is 39.2 Å². The van der Waals surface area contributed by atoms with Crippen LogP contribution in [-0.2, 0) is 20.8 Å². The van der Waals surface area contributed by atoms with E-state index in [-0.39, 0.29) is 41.3 Å². The number of aliphatic imine (C=N–C) groups is 1. The summed E-state index contributed by atoms with van der Waals surface area (Å²) in [5.41, 5.74) is 9.13. The van der Waals surface area contributed by atoms with Crippen molar-refractivity contribution < 1.29 is 34.8 Å². The van der Waals surface area contributed by atoms with Crippen molar-refractivity contribution in [3.05, 3.63) is 34.1 Å². The third-order valence-corrected chi connectivity index (χ3v) is 9.60. The Morgan fingerprint density at radius 1 is 1.09 bits per heavy atom. The summed E-state index contributed by atoms with van der Waals surface area (Å²) in [6.45, 7) is 0.306. The Kier molecular flexibility index (Phi) is 8.25. The molecule has 0 aliphatic heterocycles. The number of nitrogens with one attached hydrogen (secondary N) is 1. The van der Waals surface area contributed by atoms with Gasteiger partial charge in [-0.3, -0.25) is 19.3 Å². The molecule has 5 rings (SSSR count). The minimum Gasteiger partial charge on any atom is -0.508 e. The molecule has 0 aromatic heterocycles. The number of likely N-dealkylation sites (N-methyl/N-ethyl adjacent to an activating group) is 1. The van der Waals surface area contributed by atoms with Gasteiger partial charge in [-0.05, 0) is 57.3 Å². The molecule has 0 radical (unpaired) electrons. The summed E-state index contributed by atoms with van der Waals surface area (Å²) >= 11 is 0. The second-order valence-electron chi connectivity index (χ2n) is 12.8. The lowest BCUT2D eigenvalue weighted by Crippen LogP contribution is -2.65. The molecule has 238 valence electrons. The highest BCUT2D eigenvalue weighted by atomic mass is 16.3. The first-order chi connectivity index (χ1) is 20.7. The van der Waals surface area contributed by atoms with Crippen molar-refractivity contribution in [2.45, 2.75) is 62.6 Å². The maximum Gasteiger partial charge on any atom is 0.255 e. The number of Topliss-reactive ketones (excluding diaryl/α,β-unsaturated/α-hetero) is 2. The zero-order valence-corrected chi connectivity index (χ0v) is 25.6. The number of hydrogen-bond acceptors (Lipinski definition) is 11. The fraction of sp³-hybridized carbons (Fsp3) is 0.548. The number of aliphatic hydroxyl groups excluding tert-OH is 2. The Labute approximate surface area is 255 Å². The zero-order valence-electron chi connectivity index (χ0n) is 25.6. The predicted octanol–water partition coefficient (Wildman–Crippen LogP) is 0.941. The predicted molar refractivity (Wildman–Crippen MR) is 165 cm³/mol. The molecule has 1 aromatic carbocycles. The Hall–Kier alpha value is -3.94. The number of carbonyl (C=O) groups excluding carboxylic acids is 3. The number of anilines is 1. The van der Waals surface area contributed by atoms with Crippen LogP contribution in [0.3, 0.4) is 0 Å². The molecule has 9 N–H and O–H groups in total. The fourth-order valence-corrected chi connectivity index (χ4v) is 7.51. The topological polar surface area (TPSA) is 215 Å². The van der Waals surface area contributed by atoms with E-state index in [2.05, 4.69) is 10.3 Å².